The Balaban J connectivity index is 2.17. The maximum atomic E-state index is 3.59. The predicted octanol–water partition coefficient (Wildman–Crippen LogP) is 4.60. The first-order valence-corrected chi connectivity index (χ1v) is 7.63. The first-order valence-electron chi connectivity index (χ1n) is 6.51. The summed E-state index contributed by atoms with van der Waals surface area (Å²) in [5, 5.41) is 0.947. The van der Waals surface area contributed by atoms with Gasteiger partial charge in [0.25, 0.3) is 0 Å². The molecule has 1 aliphatic heterocycles. The standard InChI is InChI=1S/C15H22BrN/c1-15(2)8-5-10-17(11-9-15)14-7-4-3-6-13(14)12-16/h3-4,6-7H,5,8-12H2,1-2H3. The number of anilines is 1. The molecule has 1 heterocycles. The molecule has 0 atom stereocenters. The zero-order chi connectivity index (χ0) is 12.3. The highest BCUT2D eigenvalue weighted by atomic mass is 79.9. The quantitative estimate of drug-likeness (QED) is 0.721. The van der Waals surface area contributed by atoms with Gasteiger partial charge in [-0.1, -0.05) is 48.0 Å². The van der Waals surface area contributed by atoms with Crippen molar-refractivity contribution in [3.8, 4) is 0 Å². The zero-order valence-corrected chi connectivity index (χ0v) is 12.5. The van der Waals surface area contributed by atoms with Gasteiger partial charge in [-0.25, -0.2) is 0 Å². The number of benzene rings is 1. The fraction of sp³-hybridized carbons (Fsp3) is 0.600. The highest BCUT2D eigenvalue weighted by Gasteiger charge is 2.23. The summed E-state index contributed by atoms with van der Waals surface area (Å²) in [4.78, 5) is 2.56. The molecule has 1 aromatic rings. The molecule has 0 saturated carbocycles. The molecule has 2 heteroatoms. The number of rotatable bonds is 2. The lowest BCUT2D eigenvalue weighted by Gasteiger charge is -2.26. The van der Waals surface area contributed by atoms with E-state index in [2.05, 4.69) is 58.9 Å². The topological polar surface area (TPSA) is 3.24 Å². The van der Waals surface area contributed by atoms with Gasteiger partial charge >= 0.3 is 0 Å². The largest absolute Gasteiger partial charge is 0.371 e. The minimum atomic E-state index is 0.512. The Kier molecular flexibility index (Phi) is 4.13. The van der Waals surface area contributed by atoms with Gasteiger partial charge in [-0.05, 0) is 36.3 Å². The molecule has 0 bridgehead atoms. The smallest absolute Gasteiger partial charge is 0.0407 e. The molecule has 1 aromatic carbocycles. The lowest BCUT2D eigenvalue weighted by Crippen LogP contribution is -2.25. The van der Waals surface area contributed by atoms with Crippen molar-refractivity contribution in [2.45, 2.75) is 38.4 Å². The van der Waals surface area contributed by atoms with Crippen LogP contribution in [0, 0.1) is 5.41 Å². The van der Waals surface area contributed by atoms with Crippen LogP contribution >= 0.6 is 15.9 Å². The molecule has 0 amide bonds. The van der Waals surface area contributed by atoms with E-state index in [1.807, 2.05) is 0 Å². The Morgan fingerprint density at radius 1 is 1.18 bits per heavy atom. The van der Waals surface area contributed by atoms with Gasteiger partial charge in [0.2, 0.25) is 0 Å². The molecule has 17 heavy (non-hydrogen) atoms. The highest BCUT2D eigenvalue weighted by Crippen LogP contribution is 2.33. The molecule has 2 rings (SSSR count). The maximum Gasteiger partial charge on any atom is 0.0407 e. The van der Waals surface area contributed by atoms with Crippen molar-refractivity contribution in [1.82, 2.24) is 0 Å². The van der Waals surface area contributed by atoms with Crippen LogP contribution < -0.4 is 4.90 Å². The zero-order valence-electron chi connectivity index (χ0n) is 10.9. The Morgan fingerprint density at radius 2 is 1.94 bits per heavy atom. The summed E-state index contributed by atoms with van der Waals surface area (Å²) in [5.41, 5.74) is 3.34. The van der Waals surface area contributed by atoms with Crippen LogP contribution in [0.25, 0.3) is 0 Å². The van der Waals surface area contributed by atoms with Crippen LogP contribution in [0.3, 0.4) is 0 Å². The molecule has 1 fully saturated rings. The second-order valence-corrected chi connectivity index (χ2v) is 6.33. The van der Waals surface area contributed by atoms with Gasteiger partial charge < -0.3 is 4.90 Å². The van der Waals surface area contributed by atoms with Crippen LogP contribution in [0.4, 0.5) is 5.69 Å². The lowest BCUT2D eigenvalue weighted by molar-refractivity contribution is 0.325. The summed E-state index contributed by atoms with van der Waals surface area (Å²) in [7, 11) is 0. The van der Waals surface area contributed by atoms with E-state index in [1.54, 1.807) is 0 Å². The number of hydrogen-bond acceptors (Lipinski definition) is 1. The normalized spacial score (nSPS) is 20.1. The third-order valence-electron chi connectivity index (χ3n) is 3.82. The van der Waals surface area contributed by atoms with Crippen LogP contribution in [0.15, 0.2) is 24.3 Å². The first-order chi connectivity index (χ1) is 8.12. The van der Waals surface area contributed by atoms with E-state index in [9.17, 15) is 0 Å². The SMILES string of the molecule is CC1(C)CCCN(c2ccccc2CBr)CC1. The number of alkyl halides is 1. The van der Waals surface area contributed by atoms with E-state index in [4.69, 9.17) is 0 Å². The second kappa shape index (κ2) is 5.43. The van der Waals surface area contributed by atoms with Crippen molar-refractivity contribution in [3.05, 3.63) is 29.8 Å². The summed E-state index contributed by atoms with van der Waals surface area (Å²) in [6.45, 7) is 7.18. The van der Waals surface area contributed by atoms with Crippen LogP contribution in [0.2, 0.25) is 0 Å². The Hall–Kier alpha value is -0.500. The summed E-state index contributed by atoms with van der Waals surface area (Å²) in [6.07, 6.45) is 3.95. The number of hydrogen-bond donors (Lipinski definition) is 0. The van der Waals surface area contributed by atoms with E-state index >= 15 is 0 Å². The summed E-state index contributed by atoms with van der Waals surface area (Å²) < 4.78 is 0. The molecule has 1 nitrogen and oxygen atoms in total. The van der Waals surface area contributed by atoms with Crippen LogP contribution in [-0.4, -0.2) is 13.1 Å². The average Bonchev–Trinajstić information content (AvgIpc) is 2.50. The molecule has 0 aromatic heterocycles. The molecule has 0 aliphatic carbocycles. The number of nitrogens with zero attached hydrogens (tertiary/aromatic N) is 1. The fourth-order valence-electron chi connectivity index (χ4n) is 2.60. The summed E-state index contributed by atoms with van der Waals surface area (Å²) in [6, 6.07) is 8.76. The Bertz CT molecular complexity index is 373. The van der Waals surface area contributed by atoms with Crippen molar-refractivity contribution >= 4 is 21.6 Å². The third-order valence-corrected chi connectivity index (χ3v) is 4.42. The number of halogens is 1. The molecule has 0 radical (unpaired) electrons. The highest BCUT2D eigenvalue weighted by molar-refractivity contribution is 9.08. The Morgan fingerprint density at radius 3 is 2.71 bits per heavy atom. The van der Waals surface area contributed by atoms with Crippen LogP contribution in [-0.2, 0) is 5.33 Å². The van der Waals surface area contributed by atoms with Gasteiger partial charge in [0.1, 0.15) is 0 Å². The second-order valence-electron chi connectivity index (χ2n) is 5.77. The van der Waals surface area contributed by atoms with Crippen molar-refractivity contribution in [2.75, 3.05) is 18.0 Å². The predicted molar refractivity (Wildman–Crippen MR) is 78.9 cm³/mol. The van der Waals surface area contributed by atoms with Gasteiger partial charge in [0, 0.05) is 24.1 Å². The van der Waals surface area contributed by atoms with E-state index in [-0.39, 0.29) is 0 Å². The van der Waals surface area contributed by atoms with E-state index in [0.29, 0.717) is 5.41 Å². The molecule has 0 spiro atoms. The average molecular weight is 296 g/mol. The maximum absolute atomic E-state index is 3.59. The molecular weight excluding hydrogens is 274 g/mol. The first kappa shape index (κ1) is 12.9. The molecule has 0 unspecified atom stereocenters. The van der Waals surface area contributed by atoms with Gasteiger partial charge in [-0.15, -0.1) is 0 Å². The molecule has 0 N–H and O–H groups in total. The van der Waals surface area contributed by atoms with Crippen LogP contribution in [0.5, 0.6) is 0 Å². The fourth-order valence-corrected chi connectivity index (χ4v) is 3.07. The van der Waals surface area contributed by atoms with Gasteiger partial charge in [0.05, 0.1) is 0 Å². The van der Waals surface area contributed by atoms with E-state index in [0.717, 1.165) is 5.33 Å². The third kappa shape index (κ3) is 3.25. The van der Waals surface area contributed by atoms with Gasteiger partial charge in [-0.2, -0.15) is 0 Å². The van der Waals surface area contributed by atoms with Crippen LogP contribution in [0.1, 0.15) is 38.7 Å². The molecule has 94 valence electrons. The van der Waals surface area contributed by atoms with Crippen molar-refractivity contribution in [1.29, 1.82) is 0 Å². The van der Waals surface area contributed by atoms with Crippen molar-refractivity contribution in [3.63, 3.8) is 0 Å². The van der Waals surface area contributed by atoms with Gasteiger partial charge in [-0.3, -0.25) is 0 Å². The van der Waals surface area contributed by atoms with E-state index in [1.165, 1.54) is 43.6 Å². The van der Waals surface area contributed by atoms with Crippen molar-refractivity contribution < 1.29 is 0 Å². The minimum Gasteiger partial charge on any atom is -0.371 e. The summed E-state index contributed by atoms with van der Waals surface area (Å²) in [5.74, 6) is 0. The minimum absolute atomic E-state index is 0.512. The molecule has 1 saturated heterocycles. The molecule has 1 aliphatic rings. The van der Waals surface area contributed by atoms with Crippen molar-refractivity contribution in [2.24, 2.45) is 5.41 Å². The van der Waals surface area contributed by atoms with Gasteiger partial charge in [0.15, 0.2) is 0 Å². The molecular formula is C15H22BrN. The monoisotopic (exact) mass is 295 g/mol. The lowest BCUT2D eigenvalue weighted by atomic mass is 9.85. The van der Waals surface area contributed by atoms with E-state index < -0.39 is 0 Å². The summed E-state index contributed by atoms with van der Waals surface area (Å²) >= 11 is 3.59. The Labute approximate surface area is 113 Å². The number of para-hydroxylation sites is 1.